The molecule has 2 aromatic rings. The molecular formula is C21H23F3O4. The van der Waals surface area contributed by atoms with Crippen molar-refractivity contribution >= 4 is 5.97 Å². The fourth-order valence-electron chi connectivity index (χ4n) is 2.66. The van der Waals surface area contributed by atoms with Crippen LogP contribution in [0.4, 0.5) is 13.2 Å². The van der Waals surface area contributed by atoms with Gasteiger partial charge in [0.2, 0.25) is 0 Å². The number of ether oxygens (including phenoxy) is 2. The predicted molar refractivity (Wildman–Crippen MR) is 98.6 cm³/mol. The van der Waals surface area contributed by atoms with Crippen LogP contribution in [-0.4, -0.2) is 30.0 Å². The first-order valence-corrected chi connectivity index (χ1v) is 8.96. The van der Waals surface area contributed by atoms with E-state index in [0.29, 0.717) is 25.2 Å². The number of hydrogen-bond donors (Lipinski definition) is 1. The molecule has 0 radical (unpaired) electrons. The molecule has 0 aliphatic heterocycles. The molecule has 0 aliphatic carbocycles. The van der Waals surface area contributed by atoms with Crippen LogP contribution >= 0.6 is 0 Å². The van der Waals surface area contributed by atoms with Crippen molar-refractivity contribution in [1.29, 1.82) is 0 Å². The van der Waals surface area contributed by atoms with Crippen LogP contribution in [0.25, 0.3) is 0 Å². The van der Waals surface area contributed by atoms with Crippen molar-refractivity contribution < 1.29 is 32.5 Å². The molecule has 0 fully saturated rings. The number of halogens is 3. The van der Waals surface area contributed by atoms with Gasteiger partial charge in [0.15, 0.2) is 6.10 Å². The first-order chi connectivity index (χ1) is 13.3. The van der Waals surface area contributed by atoms with Gasteiger partial charge in [-0.05, 0) is 49.4 Å². The number of carbonyl (C=O) groups is 1. The lowest BCUT2D eigenvalue weighted by atomic mass is 10.1. The molecule has 4 nitrogen and oxygen atoms in total. The van der Waals surface area contributed by atoms with Crippen LogP contribution in [0.15, 0.2) is 48.5 Å². The predicted octanol–water partition coefficient (Wildman–Crippen LogP) is 5.39. The van der Waals surface area contributed by atoms with Gasteiger partial charge >= 0.3 is 12.1 Å². The average Bonchev–Trinajstić information content (AvgIpc) is 2.64. The number of hydrogen-bond acceptors (Lipinski definition) is 3. The summed E-state index contributed by atoms with van der Waals surface area (Å²) in [5.41, 5.74) is 1.39. The van der Waals surface area contributed by atoms with E-state index in [1.807, 2.05) is 30.3 Å². The van der Waals surface area contributed by atoms with E-state index < -0.39 is 18.2 Å². The smallest absolute Gasteiger partial charge is 0.425 e. The summed E-state index contributed by atoms with van der Waals surface area (Å²) < 4.78 is 50.3. The van der Waals surface area contributed by atoms with Gasteiger partial charge in [-0.15, -0.1) is 0 Å². The van der Waals surface area contributed by atoms with Crippen LogP contribution in [0.5, 0.6) is 5.75 Å². The Balaban J connectivity index is 1.83. The molecule has 28 heavy (non-hydrogen) atoms. The van der Waals surface area contributed by atoms with Crippen molar-refractivity contribution in [3.8, 4) is 5.75 Å². The molecule has 0 spiro atoms. The van der Waals surface area contributed by atoms with Gasteiger partial charge in [0.25, 0.3) is 0 Å². The number of alkyl halides is 3. The van der Waals surface area contributed by atoms with E-state index in [4.69, 9.17) is 14.6 Å². The van der Waals surface area contributed by atoms with E-state index in [0.717, 1.165) is 11.6 Å². The van der Waals surface area contributed by atoms with Crippen molar-refractivity contribution in [3.63, 3.8) is 0 Å². The van der Waals surface area contributed by atoms with Crippen molar-refractivity contribution in [2.45, 2.75) is 45.1 Å². The molecule has 1 N–H and O–H groups in total. The summed E-state index contributed by atoms with van der Waals surface area (Å²) in [4.78, 5) is 11.1. The lowest BCUT2D eigenvalue weighted by Crippen LogP contribution is -2.34. The van der Waals surface area contributed by atoms with Gasteiger partial charge in [0.05, 0.1) is 12.2 Å². The quantitative estimate of drug-likeness (QED) is 0.547. The largest absolute Gasteiger partial charge is 0.481 e. The highest BCUT2D eigenvalue weighted by atomic mass is 19.4. The summed E-state index contributed by atoms with van der Waals surface area (Å²) in [6, 6.07) is 13.4. The molecule has 0 saturated heterocycles. The van der Waals surface area contributed by atoms with E-state index in [-0.39, 0.29) is 24.2 Å². The van der Waals surface area contributed by atoms with Crippen LogP contribution in [0.3, 0.4) is 0 Å². The van der Waals surface area contributed by atoms with E-state index in [1.165, 1.54) is 12.1 Å². The highest BCUT2D eigenvalue weighted by Gasteiger charge is 2.41. The highest BCUT2D eigenvalue weighted by Crippen LogP contribution is 2.29. The van der Waals surface area contributed by atoms with Gasteiger partial charge in [-0.2, -0.15) is 13.2 Å². The number of rotatable bonds is 10. The first-order valence-electron chi connectivity index (χ1n) is 8.96. The molecule has 0 aromatic heterocycles. The monoisotopic (exact) mass is 396 g/mol. The van der Waals surface area contributed by atoms with Crippen LogP contribution in [0, 0.1) is 6.92 Å². The Morgan fingerprint density at radius 3 is 2.46 bits per heavy atom. The topological polar surface area (TPSA) is 55.8 Å². The molecule has 2 aromatic carbocycles. The van der Waals surface area contributed by atoms with Gasteiger partial charge < -0.3 is 14.6 Å². The summed E-state index contributed by atoms with van der Waals surface area (Å²) in [5.74, 6) is -1.31. The maximum Gasteiger partial charge on any atom is 0.425 e. The molecule has 0 aliphatic rings. The summed E-state index contributed by atoms with van der Waals surface area (Å²) in [7, 11) is 0. The molecule has 7 heteroatoms. The SMILES string of the molecule is Cc1ccc(OC(CCCCOCc2ccccc2)C(F)(F)F)cc1C(=O)O. The number of carboxylic acid groups (broad SMARTS) is 1. The van der Waals surface area contributed by atoms with Crippen LogP contribution < -0.4 is 4.74 Å². The van der Waals surface area contributed by atoms with Crippen LogP contribution in [0.2, 0.25) is 0 Å². The Hall–Kier alpha value is -2.54. The summed E-state index contributed by atoms with van der Waals surface area (Å²) >= 11 is 0. The molecule has 1 atom stereocenters. The second-order valence-corrected chi connectivity index (χ2v) is 6.46. The zero-order valence-electron chi connectivity index (χ0n) is 15.5. The van der Waals surface area contributed by atoms with Crippen molar-refractivity contribution in [1.82, 2.24) is 0 Å². The third-order valence-corrected chi connectivity index (χ3v) is 4.20. The molecule has 0 amide bonds. The minimum atomic E-state index is -4.54. The van der Waals surface area contributed by atoms with E-state index >= 15 is 0 Å². The Bertz CT molecular complexity index is 760. The van der Waals surface area contributed by atoms with Gasteiger partial charge in [-0.1, -0.05) is 36.4 Å². The summed E-state index contributed by atoms with van der Waals surface area (Å²) in [6.45, 7) is 2.35. The van der Waals surface area contributed by atoms with Crippen LogP contribution in [0.1, 0.15) is 40.7 Å². The second kappa shape index (κ2) is 10.1. The number of carboxylic acids is 1. The third kappa shape index (κ3) is 6.88. The lowest BCUT2D eigenvalue weighted by molar-refractivity contribution is -0.197. The fourth-order valence-corrected chi connectivity index (χ4v) is 2.66. The molecule has 0 heterocycles. The van der Waals surface area contributed by atoms with Gasteiger partial charge in [-0.25, -0.2) is 4.79 Å². The maximum atomic E-state index is 13.3. The van der Waals surface area contributed by atoms with Crippen molar-refractivity contribution in [2.24, 2.45) is 0 Å². The Morgan fingerprint density at radius 2 is 1.82 bits per heavy atom. The number of unbranched alkanes of at least 4 members (excludes halogenated alkanes) is 1. The van der Waals surface area contributed by atoms with E-state index in [9.17, 15) is 18.0 Å². The number of aryl methyl sites for hydroxylation is 1. The molecular weight excluding hydrogens is 373 g/mol. The number of benzene rings is 2. The molecule has 2 rings (SSSR count). The minimum absolute atomic E-state index is 0.0762. The molecule has 0 saturated carbocycles. The Labute approximate surface area is 161 Å². The van der Waals surface area contributed by atoms with Gasteiger partial charge in [-0.3, -0.25) is 0 Å². The lowest BCUT2D eigenvalue weighted by Gasteiger charge is -2.22. The second-order valence-electron chi connectivity index (χ2n) is 6.46. The normalized spacial score (nSPS) is 12.6. The van der Waals surface area contributed by atoms with Gasteiger partial charge in [0, 0.05) is 6.61 Å². The van der Waals surface area contributed by atoms with Gasteiger partial charge in [0.1, 0.15) is 5.75 Å². The summed E-state index contributed by atoms with van der Waals surface area (Å²) in [5, 5.41) is 9.10. The number of aromatic carboxylic acids is 1. The van der Waals surface area contributed by atoms with Crippen molar-refractivity contribution in [2.75, 3.05) is 6.61 Å². The Kier molecular flexibility index (Phi) is 7.87. The van der Waals surface area contributed by atoms with E-state index in [1.54, 1.807) is 6.92 Å². The van der Waals surface area contributed by atoms with Crippen molar-refractivity contribution in [3.05, 3.63) is 65.2 Å². The third-order valence-electron chi connectivity index (χ3n) is 4.20. The van der Waals surface area contributed by atoms with E-state index in [2.05, 4.69) is 0 Å². The maximum absolute atomic E-state index is 13.3. The average molecular weight is 396 g/mol. The zero-order chi connectivity index (χ0) is 20.6. The first kappa shape index (κ1) is 21.8. The minimum Gasteiger partial charge on any atom is -0.481 e. The summed E-state index contributed by atoms with van der Waals surface area (Å²) in [6.07, 6.45) is -6.02. The fraction of sp³-hybridized carbons (Fsp3) is 0.381. The zero-order valence-corrected chi connectivity index (χ0v) is 15.5. The highest BCUT2D eigenvalue weighted by molar-refractivity contribution is 5.89. The molecule has 152 valence electrons. The molecule has 0 bridgehead atoms. The standard InChI is InChI=1S/C21H23F3O4/c1-15-10-11-17(13-18(15)20(25)26)28-19(21(22,23)24)9-5-6-12-27-14-16-7-3-2-4-8-16/h2-4,7-8,10-11,13,19H,5-6,9,12,14H2,1H3,(H,25,26). The molecule has 1 unspecified atom stereocenters. The van der Waals surface area contributed by atoms with Crippen LogP contribution in [-0.2, 0) is 11.3 Å². The Morgan fingerprint density at radius 1 is 1.11 bits per heavy atom.